The quantitative estimate of drug-likeness (QED) is 0.167. The van der Waals surface area contributed by atoms with E-state index in [-0.39, 0.29) is 0 Å². The summed E-state index contributed by atoms with van der Waals surface area (Å²) in [5, 5.41) is 10.1. The lowest BCUT2D eigenvalue weighted by Gasteiger charge is -2.26. The molecule has 11 rings (SSSR count). The molecule has 0 spiro atoms. The summed E-state index contributed by atoms with van der Waals surface area (Å²) in [6, 6.07) is 79.4. The van der Waals surface area contributed by atoms with Gasteiger partial charge in [0.15, 0.2) is 0 Å². The molecule has 0 saturated heterocycles. The van der Waals surface area contributed by atoms with Gasteiger partial charge in [0.25, 0.3) is 0 Å². The molecule has 0 radical (unpaired) electrons. The minimum absolute atomic E-state index is 1.11. The van der Waals surface area contributed by atoms with E-state index in [4.69, 9.17) is 0 Å². The SMILES string of the molecule is c1ccc(N(c2ccc(-c3ccc4ccccc4c3)cc2)c2ccc(-c3ccc4ccc(-n5c6ccccc6c6c7ccccc7ccc65)cc4c3)cc2)cc1. The van der Waals surface area contributed by atoms with Crippen LogP contribution in [0.4, 0.5) is 17.1 Å². The number of hydrogen-bond donors (Lipinski definition) is 0. The first-order chi connectivity index (χ1) is 27.7. The Kier molecular flexibility index (Phi) is 7.53. The standard InChI is InChI=1S/C54H36N2/c1-2-13-46(14-3-1)55(47-28-22-38(23-29-47)43-20-18-37-10-4-5-12-42(37)34-43)48-30-24-39(25-31-48)44-21-19-40-26-32-49(36-45(40)35-44)56-52-17-9-8-16-51(52)54-50-15-7-6-11-41(50)27-33-53(54)56/h1-36H. The third kappa shape index (κ3) is 5.42. The second-order valence-corrected chi connectivity index (χ2v) is 14.6. The van der Waals surface area contributed by atoms with Gasteiger partial charge in [-0.3, -0.25) is 0 Å². The van der Waals surface area contributed by atoms with Crippen LogP contribution in [0.3, 0.4) is 0 Å². The molecule has 1 heterocycles. The van der Waals surface area contributed by atoms with Crippen molar-refractivity contribution in [3.05, 3.63) is 218 Å². The molecule has 2 nitrogen and oxygen atoms in total. The van der Waals surface area contributed by atoms with E-state index in [1.165, 1.54) is 76.4 Å². The minimum atomic E-state index is 1.11. The summed E-state index contributed by atoms with van der Waals surface area (Å²) in [4.78, 5) is 2.33. The molecule has 0 amide bonds. The second-order valence-electron chi connectivity index (χ2n) is 14.6. The molecule has 10 aromatic carbocycles. The lowest BCUT2D eigenvalue weighted by Crippen LogP contribution is -2.09. The summed E-state index contributed by atoms with van der Waals surface area (Å²) in [6.45, 7) is 0. The van der Waals surface area contributed by atoms with Crippen molar-refractivity contribution in [2.24, 2.45) is 0 Å². The molecule has 0 saturated carbocycles. The van der Waals surface area contributed by atoms with E-state index in [2.05, 4.69) is 228 Å². The van der Waals surface area contributed by atoms with Gasteiger partial charge in [-0.25, -0.2) is 0 Å². The summed E-state index contributed by atoms with van der Waals surface area (Å²) >= 11 is 0. The van der Waals surface area contributed by atoms with E-state index >= 15 is 0 Å². The normalized spacial score (nSPS) is 11.6. The summed E-state index contributed by atoms with van der Waals surface area (Å²) in [5.41, 5.74) is 11.8. The number of hydrogen-bond acceptors (Lipinski definition) is 1. The predicted molar refractivity (Wildman–Crippen MR) is 239 cm³/mol. The Hall–Kier alpha value is -7.42. The molecule has 0 fully saturated rings. The van der Waals surface area contributed by atoms with Crippen molar-refractivity contribution in [1.29, 1.82) is 0 Å². The zero-order chi connectivity index (χ0) is 37.0. The van der Waals surface area contributed by atoms with Crippen LogP contribution in [0.2, 0.25) is 0 Å². The highest BCUT2D eigenvalue weighted by Crippen LogP contribution is 2.39. The number of fused-ring (bicyclic) bond motifs is 7. The van der Waals surface area contributed by atoms with Gasteiger partial charge in [0.05, 0.1) is 11.0 Å². The van der Waals surface area contributed by atoms with Crippen molar-refractivity contribution in [1.82, 2.24) is 4.57 Å². The van der Waals surface area contributed by atoms with Crippen LogP contribution in [-0.4, -0.2) is 4.57 Å². The third-order valence-electron chi connectivity index (χ3n) is 11.3. The number of rotatable bonds is 6. The average molecular weight is 713 g/mol. The topological polar surface area (TPSA) is 8.17 Å². The Labute approximate surface area is 325 Å². The lowest BCUT2D eigenvalue weighted by molar-refractivity contribution is 1.19. The Morgan fingerprint density at radius 3 is 1.50 bits per heavy atom. The van der Waals surface area contributed by atoms with E-state index < -0.39 is 0 Å². The van der Waals surface area contributed by atoms with E-state index in [9.17, 15) is 0 Å². The molecule has 262 valence electrons. The van der Waals surface area contributed by atoms with Crippen LogP contribution >= 0.6 is 0 Å². The monoisotopic (exact) mass is 712 g/mol. The first kappa shape index (κ1) is 32.0. The van der Waals surface area contributed by atoms with Gasteiger partial charge in [0, 0.05) is 33.5 Å². The van der Waals surface area contributed by atoms with Gasteiger partial charge in [-0.15, -0.1) is 0 Å². The maximum atomic E-state index is 2.42. The Morgan fingerprint density at radius 2 is 0.786 bits per heavy atom. The Balaban J connectivity index is 0.949. The molecule has 1 aromatic heterocycles. The predicted octanol–water partition coefficient (Wildman–Crippen LogP) is 15.0. The molecule has 0 atom stereocenters. The van der Waals surface area contributed by atoms with Gasteiger partial charge in [0.1, 0.15) is 0 Å². The van der Waals surface area contributed by atoms with Gasteiger partial charge in [0.2, 0.25) is 0 Å². The van der Waals surface area contributed by atoms with E-state index in [1.807, 2.05) is 0 Å². The highest BCUT2D eigenvalue weighted by atomic mass is 15.1. The summed E-state index contributed by atoms with van der Waals surface area (Å²) in [7, 11) is 0. The molecule has 0 aliphatic heterocycles. The van der Waals surface area contributed by atoms with Crippen LogP contribution in [-0.2, 0) is 0 Å². The molecular formula is C54H36N2. The van der Waals surface area contributed by atoms with E-state index in [0.29, 0.717) is 0 Å². The number of nitrogens with zero attached hydrogens (tertiary/aromatic N) is 2. The Bertz CT molecular complexity index is 3230. The number of aromatic nitrogens is 1. The van der Waals surface area contributed by atoms with Crippen LogP contribution < -0.4 is 4.90 Å². The summed E-state index contributed by atoms with van der Waals surface area (Å²) < 4.78 is 2.42. The molecule has 11 aromatic rings. The number of anilines is 3. The fraction of sp³-hybridized carbons (Fsp3) is 0. The van der Waals surface area contributed by atoms with Crippen molar-refractivity contribution >= 4 is 71.2 Å². The molecule has 0 bridgehead atoms. The van der Waals surface area contributed by atoms with Crippen molar-refractivity contribution in [2.45, 2.75) is 0 Å². The summed E-state index contributed by atoms with van der Waals surface area (Å²) in [5.74, 6) is 0. The molecule has 0 aliphatic carbocycles. The zero-order valence-corrected chi connectivity index (χ0v) is 30.7. The zero-order valence-electron chi connectivity index (χ0n) is 30.7. The maximum Gasteiger partial charge on any atom is 0.0547 e. The van der Waals surface area contributed by atoms with Gasteiger partial charge in [-0.2, -0.15) is 0 Å². The van der Waals surface area contributed by atoms with Crippen LogP contribution in [0.15, 0.2) is 218 Å². The largest absolute Gasteiger partial charge is 0.311 e. The first-order valence-corrected chi connectivity index (χ1v) is 19.3. The van der Waals surface area contributed by atoms with Crippen LogP contribution in [0, 0.1) is 0 Å². The van der Waals surface area contributed by atoms with Gasteiger partial charge in [-0.1, -0.05) is 146 Å². The van der Waals surface area contributed by atoms with Gasteiger partial charge < -0.3 is 9.47 Å². The van der Waals surface area contributed by atoms with Gasteiger partial charge >= 0.3 is 0 Å². The minimum Gasteiger partial charge on any atom is -0.311 e. The van der Waals surface area contributed by atoms with Crippen molar-refractivity contribution < 1.29 is 0 Å². The first-order valence-electron chi connectivity index (χ1n) is 19.3. The molecular weight excluding hydrogens is 677 g/mol. The number of para-hydroxylation sites is 2. The number of benzene rings is 10. The fourth-order valence-electron chi connectivity index (χ4n) is 8.57. The van der Waals surface area contributed by atoms with Crippen LogP contribution in [0.1, 0.15) is 0 Å². The molecule has 0 aliphatic rings. The van der Waals surface area contributed by atoms with Gasteiger partial charge in [-0.05, 0) is 127 Å². The smallest absolute Gasteiger partial charge is 0.0547 e. The highest BCUT2D eigenvalue weighted by molar-refractivity contribution is 6.21. The molecule has 0 N–H and O–H groups in total. The van der Waals surface area contributed by atoms with Crippen molar-refractivity contribution in [3.8, 4) is 27.9 Å². The van der Waals surface area contributed by atoms with Crippen LogP contribution in [0.5, 0.6) is 0 Å². The molecule has 0 unspecified atom stereocenters. The molecule has 56 heavy (non-hydrogen) atoms. The Morgan fingerprint density at radius 1 is 0.286 bits per heavy atom. The average Bonchev–Trinajstić information content (AvgIpc) is 3.62. The van der Waals surface area contributed by atoms with E-state index in [1.54, 1.807) is 0 Å². The summed E-state index contributed by atoms with van der Waals surface area (Å²) in [6.07, 6.45) is 0. The van der Waals surface area contributed by atoms with Crippen molar-refractivity contribution in [2.75, 3.05) is 4.90 Å². The van der Waals surface area contributed by atoms with Crippen LogP contribution in [0.25, 0.3) is 82.1 Å². The van der Waals surface area contributed by atoms with E-state index in [0.717, 1.165) is 22.7 Å². The maximum absolute atomic E-state index is 2.42. The molecule has 2 heteroatoms. The third-order valence-corrected chi connectivity index (χ3v) is 11.3. The van der Waals surface area contributed by atoms with Crippen molar-refractivity contribution in [3.63, 3.8) is 0 Å². The highest BCUT2D eigenvalue weighted by Gasteiger charge is 2.16. The lowest BCUT2D eigenvalue weighted by atomic mass is 10.00. The fourth-order valence-corrected chi connectivity index (χ4v) is 8.57. The second kappa shape index (κ2) is 13.2.